The second-order valence-corrected chi connectivity index (χ2v) is 12.1. The van der Waals surface area contributed by atoms with Crippen molar-refractivity contribution >= 4 is 43.7 Å². The maximum Gasteiger partial charge on any atom is 0.141 e. The van der Waals surface area contributed by atoms with E-state index in [1.54, 1.807) is 0 Å². The molecule has 0 amide bonds. The third-order valence-corrected chi connectivity index (χ3v) is 9.12. The summed E-state index contributed by atoms with van der Waals surface area (Å²) in [6.45, 7) is 4.35. The number of rotatable bonds is 6. The maximum atomic E-state index is 5.06. The number of benzene rings is 7. The first-order valence-electron chi connectivity index (χ1n) is 16.2. The van der Waals surface area contributed by atoms with Crippen LogP contribution in [0.4, 0.5) is 0 Å². The zero-order chi connectivity index (χ0) is 31.7. The van der Waals surface area contributed by atoms with Gasteiger partial charge in [-0.2, -0.15) is 0 Å². The fraction of sp³-hybridized carbons (Fsp3) is 0.0444. The highest BCUT2D eigenvalue weighted by atomic mass is 15.1. The summed E-state index contributed by atoms with van der Waals surface area (Å²) < 4.78 is 2.25. The van der Waals surface area contributed by atoms with Crippen molar-refractivity contribution in [3.05, 3.63) is 181 Å². The summed E-state index contributed by atoms with van der Waals surface area (Å²) in [4.78, 5) is 5.06. The summed E-state index contributed by atoms with van der Waals surface area (Å²) in [5.74, 6) is 0.949. The van der Waals surface area contributed by atoms with Crippen LogP contribution in [0, 0.1) is 0 Å². The number of imidazole rings is 1. The maximum absolute atomic E-state index is 5.06. The monoisotopic (exact) mass is 602 g/mol. The van der Waals surface area contributed by atoms with Crippen LogP contribution in [0.2, 0.25) is 0 Å². The van der Waals surface area contributed by atoms with E-state index in [-0.39, 0.29) is 0 Å². The molecule has 0 aliphatic carbocycles. The molecule has 0 atom stereocenters. The summed E-state index contributed by atoms with van der Waals surface area (Å²) in [5, 5.41) is 5.04. The minimum absolute atomic E-state index is 0.949. The normalized spacial score (nSPS) is 12.3. The lowest BCUT2D eigenvalue weighted by Crippen LogP contribution is -1.99. The highest BCUT2D eigenvalue weighted by Crippen LogP contribution is 2.44. The van der Waals surface area contributed by atoms with E-state index in [1.165, 1.54) is 54.9 Å². The van der Waals surface area contributed by atoms with Crippen molar-refractivity contribution in [2.24, 2.45) is 0 Å². The molecule has 7 aromatic carbocycles. The standard InChI is InChI=1S/C45H34N2/c1-31(26-27-32(2)45-46-41-24-14-15-25-42(41)47(45)36-20-10-5-11-21-36)35-28-29-39-40(30-35)44(34-18-8-4-9-19-34)38-23-13-12-22-37(38)43(39)33-16-6-3-7-17-33/h3-30H,1-2H3/b31-26+,32-27+. The van der Waals surface area contributed by atoms with Gasteiger partial charge in [-0.25, -0.2) is 4.98 Å². The van der Waals surface area contributed by atoms with Crippen LogP contribution in [-0.4, -0.2) is 9.55 Å². The molecular weight excluding hydrogens is 569 g/mol. The fourth-order valence-electron chi connectivity index (χ4n) is 6.81. The average molecular weight is 603 g/mol. The van der Waals surface area contributed by atoms with Crippen molar-refractivity contribution in [3.63, 3.8) is 0 Å². The van der Waals surface area contributed by atoms with Crippen molar-refractivity contribution in [3.8, 4) is 27.9 Å². The van der Waals surface area contributed by atoms with Gasteiger partial charge in [-0.05, 0) is 105 Å². The summed E-state index contributed by atoms with van der Waals surface area (Å²) in [6, 6.07) is 56.2. The SMILES string of the molecule is C/C(=C\C=C(/C)c1nc2ccccc2n1-c1ccccc1)c1ccc2c(-c3ccccc3)c3ccccc3c(-c3ccccc3)c2c1. The van der Waals surface area contributed by atoms with Gasteiger partial charge in [0, 0.05) is 5.69 Å². The van der Waals surface area contributed by atoms with Gasteiger partial charge in [-0.3, -0.25) is 4.57 Å². The molecule has 1 aromatic heterocycles. The van der Waals surface area contributed by atoms with Gasteiger partial charge >= 0.3 is 0 Å². The van der Waals surface area contributed by atoms with Gasteiger partial charge < -0.3 is 0 Å². The van der Waals surface area contributed by atoms with Crippen LogP contribution < -0.4 is 0 Å². The highest BCUT2D eigenvalue weighted by Gasteiger charge is 2.17. The first-order valence-corrected chi connectivity index (χ1v) is 16.2. The molecule has 0 saturated heterocycles. The Morgan fingerprint density at radius 2 is 1.00 bits per heavy atom. The third kappa shape index (κ3) is 5.14. The van der Waals surface area contributed by atoms with Gasteiger partial charge in [0.2, 0.25) is 0 Å². The largest absolute Gasteiger partial charge is 0.293 e. The molecule has 0 aliphatic heterocycles. The van der Waals surface area contributed by atoms with Crippen molar-refractivity contribution in [1.29, 1.82) is 0 Å². The third-order valence-electron chi connectivity index (χ3n) is 9.12. The first kappa shape index (κ1) is 28.5. The van der Waals surface area contributed by atoms with E-state index < -0.39 is 0 Å². The van der Waals surface area contributed by atoms with E-state index in [0.717, 1.165) is 28.1 Å². The smallest absolute Gasteiger partial charge is 0.141 e. The molecule has 0 spiro atoms. The Kier molecular flexibility index (Phi) is 7.32. The lowest BCUT2D eigenvalue weighted by atomic mass is 9.85. The van der Waals surface area contributed by atoms with Crippen LogP contribution in [0.25, 0.3) is 71.7 Å². The number of nitrogens with zero attached hydrogens (tertiary/aromatic N) is 2. The molecule has 8 rings (SSSR count). The highest BCUT2D eigenvalue weighted by molar-refractivity contribution is 6.21. The molecule has 2 heteroatoms. The Bertz CT molecular complexity index is 2450. The number of allylic oxidation sites excluding steroid dienone is 4. The molecule has 47 heavy (non-hydrogen) atoms. The molecule has 224 valence electrons. The Labute approximate surface area is 275 Å². The summed E-state index contributed by atoms with van der Waals surface area (Å²) in [5.41, 5.74) is 11.7. The molecule has 0 aliphatic rings. The van der Waals surface area contributed by atoms with Gasteiger partial charge in [-0.1, -0.05) is 140 Å². The Hall–Kier alpha value is -5.99. The second kappa shape index (κ2) is 12.1. The first-order chi connectivity index (χ1) is 23.2. The van der Waals surface area contributed by atoms with E-state index in [0.29, 0.717) is 0 Å². The minimum Gasteiger partial charge on any atom is -0.293 e. The van der Waals surface area contributed by atoms with Crippen LogP contribution in [0.15, 0.2) is 170 Å². The van der Waals surface area contributed by atoms with Crippen LogP contribution in [0.5, 0.6) is 0 Å². The number of hydrogen-bond donors (Lipinski definition) is 0. The number of para-hydroxylation sites is 3. The average Bonchev–Trinajstić information content (AvgIpc) is 3.53. The molecule has 0 fully saturated rings. The van der Waals surface area contributed by atoms with Crippen molar-refractivity contribution in [2.45, 2.75) is 13.8 Å². The van der Waals surface area contributed by atoms with Crippen LogP contribution in [-0.2, 0) is 0 Å². The van der Waals surface area contributed by atoms with Crippen LogP contribution in [0.3, 0.4) is 0 Å². The zero-order valence-corrected chi connectivity index (χ0v) is 26.6. The molecule has 0 N–H and O–H groups in total. The molecule has 8 aromatic rings. The molecule has 0 unspecified atom stereocenters. The summed E-state index contributed by atoms with van der Waals surface area (Å²) in [6.07, 6.45) is 4.43. The quantitative estimate of drug-likeness (QED) is 0.137. The van der Waals surface area contributed by atoms with E-state index in [2.05, 4.69) is 182 Å². The van der Waals surface area contributed by atoms with Crippen molar-refractivity contribution in [2.75, 3.05) is 0 Å². The van der Waals surface area contributed by atoms with E-state index in [1.807, 2.05) is 6.07 Å². The van der Waals surface area contributed by atoms with Crippen LogP contribution >= 0.6 is 0 Å². The van der Waals surface area contributed by atoms with Gasteiger partial charge in [0.05, 0.1) is 11.0 Å². The van der Waals surface area contributed by atoms with Crippen molar-refractivity contribution in [1.82, 2.24) is 9.55 Å². The van der Waals surface area contributed by atoms with Gasteiger partial charge in [0.25, 0.3) is 0 Å². The summed E-state index contributed by atoms with van der Waals surface area (Å²) in [7, 11) is 0. The van der Waals surface area contributed by atoms with Gasteiger partial charge in [0.1, 0.15) is 5.82 Å². The zero-order valence-electron chi connectivity index (χ0n) is 26.6. The second-order valence-electron chi connectivity index (χ2n) is 12.1. The summed E-state index contributed by atoms with van der Waals surface area (Å²) >= 11 is 0. The lowest BCUT2D eigenvalue weighted by molar-refractivity contribution is 1.05. The van der Waals surface area contributed by atoms with E-state index in [4.69, 9.17) is 4.98 Å². The lowest BCUT2D eigenvalue weighted by Gasteiger charge is -2.18. The van der Waals surface area contributed by atoms with Gasteiger partial charge in [-0.15, -0.1) is 0 Å². The molecule has 1 heterocycles. The predicted molar refractivity (Wildman–Crippen MR) is 201 cm³/mol. The molecule has 2 nitrogen and oxygen atoms in total. The van der Waals surface area contributed by atoms with Crippen molar-refractivity contribution < 1.29 is 0 Å². The number of hydrogen-bond acceptors (Lipinski definition) is 1. The Morgan fingerprint density at radius 3 is 1.66 bits per heavy atom. The predicted octanol–water partition coefficient (Wildman–Crippen LogP) is 12.2. The van der Waals surface area contributed by atoms with Crippen LogP contribution in [0.1, 0.15) is 25.2 Å². The number of aromatic nitrogens is 2. The van der Waals surface area contributed by atoms with E-state index in [9.17, 15) is 0 Å². The topological polar surface area (TPSA) is 17.8 Å². The Balaban J connectivity index is 1.30. The van der Waals surface area contributed by atoms with E-state index >= 15 is 0 Å². The Morgan fingerprint density at radius 1 is 0.489 bits per heavy atom. The fourth-order valence-corrected chi connectivity index (χ4v) is 6.81. The molecule has 0 radical (unpaired) electrons. The minimum atomic E-state index is 0.949. The molecule has 0 bridgehead atoms. The van der Waals surface area contributed by atoms with Gasteiger partial charge in [0.15, 0.2) is 0 Å². The molecule has 0 saturated carbocycles. The molecular formula is C45H34N2. The number of fused-ring (bicyclic) bond motifs is 3.